The Morgan fingerprint density at radius 2 is 1.37 bits per heavy atom. The third-order valence-electron chi connectivity index (χ3n) is 6.81. The van der Waals surface area contributed by atoms with Crippen LogP contribution in [0.2, 0.25) is 0 Å². The summed E-state index contributed by atoms with van der Waals surface area (Å²) in [6.07, 6.45) is 10.2. The molecule has 0 unspecified atom stereocenters. The highest BCUT2D eigenvalue weighted by Crippen LogP contribution is 2.18. The SMILES string of the molecule is N#C/C(=C\c1ccc2[nH]ncc2c1)C(=O)N1CCCC1.N#CCC(=O)N1CCCC1.O=Cc1ccc2[nH]ncc2c1. The minimum absolute atomic E-state index is 0.0139. The molecule has 4 aromatic rings. The molecule has 0 spiro atoms. The number of aromatic nitrogens is 4. The highest BCUT2D eigenvalue weighted by Gasteiger charge is 2.21. The highest BCUT2D eigenvalue weighted by molar-refractivity contribution is 6.02. The molecule has 0 saturated carbocycles. The topological polar surface area (TPSA) is 163 Å². The van der Waals surface area contributed by atoms with Crippen molar-refractivity contribution < 1.29 is 14.4 Å². The smallest absolute Gasteiger partial charge is 0.264 e. The number of aromatic amines is 2. The van der Waals surface area contributed by atoms with Crippen LogP contribution in [0.15, 0.2) is 54.4 Å². The molecule has 2 aliphatic rings. The van der Waals surface area contributed by atoms with E-state index in [2.05, 4.69) is 20.4 Å². The lowest BCUT2D eigenvalue weighted by Gasteiger charge is -2.14. The summed E-state index contributed by atoms with van der Waals surface area (Å²) in [5.41, 5.74) is 3.60. The van der Waals surface area contributed by atoms with Crippen molar-refractivity contribution in [3.05, 3.63) is 65.5 Å². The van der Waals surface area contributed by atoms with E-state index in [1.54, 1.807) is 40.4 Å². The first-order chi connectivity index (χ1) is 20.0. The standard InChI is InChI=1S/C15H14N4O.C8H6N2O.C7H10N2O/c16-9-12(15(20)19-5-1-2-6-19)7-11-3-4-14-13(8-11)10-17-18-14;11-5-6-1-2-8-7(3-6)4-9-10-8;8-4-3-7(10)9-5-1-2-6-9/h3-4,7-8,10H,1-2,5-6H2,(H,17,18);1-5H,(H,9,10);1-3,5-6H2/b12-7+;;. The number of hydrogen-bond donors (Lipinski definition) is 2. The molecule has 2 aromatic carbocycles. The Hall–Kier alpha value is -5.29. The molecule has 0 aliphatic carbocycles. The maximum atomic E-state index is 12.2. The summed E-state index contributed by atoms with van der Waals surface area (Å²) in [6.45, 7) is 3.19. The normalized spacial score (nSPS) is 14.4. The van der Waals surface area contributed by atoms with Gasteiger partial charge in [-0.1, -0.05) is 6.07 Å². The molecule has 0 radical (unpaired) electrons. The number of fused-ring (bicyclic) bond motifs is 2. The highest BCUT2D eigenvalue weighted by atomic mass is 16.2. The predicted octanol–water partition coefficient (Wildman–Crippen LogP) is 3.99. The lowest BCUT2D eigenvalue weighted by Crippen LogP contribution is -2.28. The molecule has 2 N–H and O–H groups in total. The summed E-state index contributed by atoms with van der Waals surface area (Å²) in [7, 11) is 0. The number of nitriles is 2. The van der Waals surface area contributed by atoms with E-state index >= 15 is 0 Å². The number of H-pyrrole nitrogens is 2. The predicted molar refractivity (Wildman–Crippen MR) is 153 cm³/mol. The largest absolute Gasteiger partial charge is 0.342 e. The van der Waals surface area contributed by atoms with Crippen LogP contribution in [0.25, 0.3) is 27.9 Å². The van der Waals surface area contributed by atoms with Gasteiger partial charge in [-0.15, -0.1) is 0 Å². The van der Waals surface area contributed by atoms with Gasteiger partial charge in [0, 0.05) is 42.5 Å². The second kappa shape index (κ2) is 14.2. The number of likely N-dealkylation sites (tertiary alicyclic amines) is 2. The molecule has 2 fully saturated rings. The first-order valence-corrected chi connectivity index (χ1v) is 13.4. The van der Waals surface area contributed by atoms with Gasteiger partial charge in [-0.05, 0) is 67.7 Å². The van der Waals surface area contributed by atoms with E-state index in [9.17, 15) is 19.6 Å². The van der Waals surface area contributed by atoms with E-state index in [0.717, 1.165) is 85.5 Å². The van der Waals surface area contributed by atoms with Gasteiger partial charge in [-0.25, -0.2) is 0 Å². The summed E-state index contributed by atoms with van der Waals surface area (Å²) >= 11 is 0. The summed E-state index contributed by atoms with van der Waals surface area (Å²) in [5.74, 6) is -0.183. The van der Waals surface area contributed by atoms with Crippen molar-refractivity contribution in [2.45, 2.75) is 32.1 Å². The summed E-state index contributed by atoms with van der Waals surface area (Å²) in [5, 5.41) is 32.8. The van der Waals surface area contributed by atoms with Crippen molar-refractivity contribution in [1.82, 2.24) is 30.2 Å². The zero-order valence-corrected chi connectivity index (χ0v) is 22.5. The average molecular weight is 551 g/mol. The number of aldehydes is 1. The number of nitrogens with one attached hydrogen (secondary N) is 2. The Balaban J connectivity index is 0.000000156. The second-order valence-electron chi connectivity index (χ2n) is 9.64. The van der Waals surface area contributed by atoms with Gasteiger partial charge in [0.2, 0.25) is 5.91 Å². The third kappa shape index (κ3) is 7.64. The minimum atomic E-state index is -0.169. The number of amides is 2. The second-order valence-corrected chi connectivity index (χ2v) is 9.64. The van der Waals surface area contributed by atoms with Gasteiger partial charge >= 0.3 is 0 Å². The van der Waals surface area contributed by atoms with E-state index in [0.29, 0.717) is 5.56 Å². The molecule has 41 heavy (non-hydrogen) atoms. The van der Waals surface area contributed by atoms with E-state index in [-0.39, 0.29) is 23.8 Å². The summed E-state index contributed by atoms with van der Waals surface area (Å²) in [4.78, 5) is 37.0. The van der Waals surface area contributed by atoms with Gasteiger partial charge in [0.1, 0.15) is 24.3 Å². The van der Waals surface area contributed by atoms with Gasteiger partial charge in [0.05, 0.1) is 29.5 Å². The molecule has 2 amide bonds. The van der Waals surface area contributed by atoms with Crippen LogP contribution in [-0.2, 0) is 9.59 Å². The Bertz CT molecular complexity index is 1630. The summed E-state index contributed by atoms with van der Waals surface area (Å²) < 4.78 is 0. The molecule has 11 nitrogen and oxygen atoms in total. The number of rotatable bonds is 4. The van der Waals surface area contributed by atoms with E-state index in [1.165, 1.54) is 0 Å². The van der Waals surface area contributed by atoms with Crippen LogP contribution in [0.5, 0.6) is 0 Å². The molecule has 4 heterocycles. The lowest BCUT2D eigenvalue weighted by atomic mass is 10.1. The minimum Gasteiger partial charge on any atom is -0.342 e. The van der Waals surface area contributed by atoms with Crippen molar-refractivity contribution in [2.24, 2.45) is 0 Å². The Morgan fingerprint density at radius 1 is 0.829 bits per heavy atom. The van der Waals surface area contributed by atoms with Crippen LogP contribution in [-0.4, -0.2) is 74.5 Å². The molecular weight excluding hydrogens is 520 g/mol. The van der Waals surface area contributed by atoms with Crippen molar-refractivity contribution in [3.8, 4) is 12.1 Å². The van der Waals surface area contributed by atoms with Gasteiger partial charge in [-0.3, -0.25) is 24.6 Å². The zero-order chi connectivity index (χ0) is 29.0. The Labute approximate surface area is 237 Å². The monoisotopic (exact) mass is 550 g/mol. The molecule has 2 aromatic heterocycles. The van der Waals surface area contributed by atoms with Crippen molar-refractivity contribution >= 4 is 46.0 Å². The molecule has 6 rings (SSSR count). The fraction of sp³-hybridized carbons (Fsp3) is 0.300. The van der Waals surface area contributed by atoms with Gasteiger partial charge in [-0.2, -0.15) is 20.7 Å². The molecule has 208 valence electrons. The van der Waals surface area contributed by atoms with Gasteiger partial charge < -0.3 is 9.80 Å². The molecule has 2 aliphatic heterocycles. The molecule has 0 atom stereocenters. The quantitative estimate of drug-likeness (QED) is 0.220. The Morgan fingerprint density at radius 3 is 1.90 bits per heavy atom. The van der Waals surface area contributed by atoms with Gasteiger partial charge in [0.25, 0.3) is 5.91 Å². The number of carbonyl (C=O) groups excluding carboxylic acids is 3. The molecule has 2 saturated heterocycles. The third-order valence-corrected chi connectivity index (χ3v) is 6.81. The van der Waals surface area contributed by atoms with Crippen LogP contribution < -0.4 is 0 Å². The van der Waals surface area contributed by atoms with E-state index in [1.807, 2.05) is 36.4 Å². The summed E-state index contributed by atoms with van der Waals surface area (Å²) in [6, 6.07) is 14.9. The van der Waals surface area contributed by atoms with Crippen LogP contribution in [0.4, 0.5) is 0 Å². The average Bonchev–Trinajstić information content (AvgIpc) is 3.83. The fourth-order valence-corrected chi connectivity index (χ4v) is 4.63. The maximum absolute atomic E-state index is 12.2. The van der Waals surface area contributed by atoms with Crippen LogP contribution in [0.3, 0.4) is 0 Å². The molecule has 11 heteroatoms. The van der Waals surface area contributed by atoms with Crippen molar-refractivity contribution in [2.75, 3.05) is 26.2 Å². The van der Waals surface area contributed by atoms with E-state index in [4.69, 9.17) is 5.26 Å². The number of nitrogens with zero attached hydrogens (tertiary/aromatic N) is 6. The number of carbonyl (C=O) groups is 3. The van der Waals surface area contributed by atoms with Crippen molar-refractivity contribution in [1.29, 1.82) is 10.5 Å². The van der Waals surface area contributed by atoms with Crippen LogP contribution in [0, 0.1) is 22.7 Å². The first-order valence-electron chi connectivity index (χ1n) is 13.4. The van der Waals surface area contributed by atoms with E-state index < -0.39 is 0 Å². The van der Waals surface area contributed by atoms with Crippen molar-refractivity contribution in [3.63, 3.8) is 0 Å². The van der Waals surface area contributed by atoms with Crippen LogP contribution >= 0.6 is 0 Å². The number of hydrogen-bond acceptors (Lipinski definition) is 7. The first kappa shape index (κ1) is 28.7. The molecular formula is C30H30N8O3. The fourth-order valence-electron chi connectivity index (χ4n) is 4.63. The number of benzene rings is 2. The zero-order valence-electron chi connectivity index (χ0n) is 22.5. The molecule has 0 bridgehead atoms. The maximum Gasteiger partial charge on any atom is 0.264 e. The van der Waals surface area contributed by atoms with Crippen LogP contribution in [0.1, 0.15) is 48.0 Å². The lowest BCUT2D eigenvalue weighted by molar-refractivity contribution is -0.129. The van der Waals surface area contributed by atoms with Gasteiger partial charge in [0.15, 0.2) is 0 Å². The Kier molecular flexibility index (Phi) is 9.94.